The molecule has 0 aliphatic heterocycles. The summed E-state index contributed by atoms with van der Waals surface area (Å²) in [5.74, 6) is 0.0894. The van der Waals surface area contributed by atoms with Crippen LogP contribution in [0.15, 0.2) is 22.8 Å². The number of carbonyl (C=O) groups excluding carboxylic acids is 2. The van der Waals surface area contributed by atoms with E-state index in [1.54, 1.807) is 17.8 Å². The zero-order valence-electron chi connectivity index (χ0n) is 9.76. The van der Waals surface area contributed by atoms with E-state index in [2.05, 4.69) is 10.1 Å². The summed E-state index contributed by atoms with van der Waals surface area (Å²) in [5, 5.41) is 2.58. The van der Waals surface area contributed by atoms with E-state index >= 15 is 0 Å². The normalized spacial score (nSPS) is 11.9. The first kappa shape index (κ1) is 13.6. The van der Waals surface area contributed by atoms with Gasteiger partial charge >= 0.3 is 5.97 Å². The van der Waals surface area contributed by atoms with Crippen LogP contribution in [0.3, 0.4) is 0 Å². The number of thioether (sulfide) groups is 1. The third kappa shape index (κ3) is 4.14. The van der Waals surface area contributed by atoms with Crippen LogP contribution in [-0.4, -0.2) is 37.0 Å². The molecule has 1 aromatic rings. The van der Waals surface area contributed by atoms with E-state index in [1.807, 2.05) is 6.26 Å². The van der Waals surface area contributed by atoms with Crippen LogP contribution < -0.4 is 5.32 Å². The number of rotatable bonds is 6. The molecule has 1 heterocycles. The molecule has 6 heteroatoms. The third-order valence-electron chi connectivity index (χ3n) is 2.15. The molecule has 5 nitrogen and oxygen atoms in total. The van der Waals surface area contributed by atoms with E-state index < -0.39 is 17.9 Å². The van der Waals surface area contributed by atoms with Crippen molar-refractivity contribution < 1.29 is 18.7 Å². The van der Waals surface area contributed by atoms with Crippen molar-refractivity contribution in [2.75, 3.05) is 19.1 Å². The molecule has 1 amide bonds. The largest absolute Gasteiger partial charge is 0.467 e. The van der Waals surface area contributed by atoms with Crippen molar-refractivity contribution in [1.82, 2.24) is 5.32 Å². The van der Waals surface area contributed by atoms with E-state index in [0.717, 1.165) is 5.75 Å². The molecule has 0 aliphatic rings. The van der Waals surface area contributed by atoms with Crippen molar-refractivity contribution in [3.8, 4) is 0 Å². The van der Waals surface area contributed by atoms with Gasteiger partial charge < -0.3 is 14.5 Å². The minimum Gasteiger partial charge on any atom is -0.467 e. The standard InChI is InChI=1S/C11H15NO4S/c1-15-11(14)8(5-7-17-2)12-10(13)9-4-3-6-16-9/h3-4,6,8H,5,7H2,1-2H3,(H,12,13). The Bertz CT molecular complexity index is 364. The Morgan fingerprint density at radius 2 is 2.35 bits per heavy atom. The van der Waals surface area contributed by atoms with Crippen molar-refractivity contribution in [1.29, 1.82) is 0 Å². The minimum absolute atomic E-state index is 0.183. The van der Waals surface area contributed by atoms with Gasteiger partial charge in [-0.3, -0.25) is 4.79 Å². The fourth-order valence-corrected chi connectivity index (χ4v) is 1.74. The molecule has 1 N–H and O–H groups in total. The Hall–Kier alpha value is -1.43. The second-order valence-electron chi connectivity index (χ2n) is 3.31. The van der Waals surface area contributed by atoms with Gasteiger partial charge in [0.1, 0.15) is 6.04 Å². The number of methoxy groups -OCH3 is 1. The lowest BCUT2D eigenvalue weighted by molar-refractivity contribution is -0.142. The second-order valence-corrected chi connectivity index (χ2v) is 4.29. The van der Waals surface area contributed by atoms with E-state index in [-0.39, 0.29) is 5.76 Å². The highest BCUT2D eigenvalue weighted by Gasteiger charge is 2.22. The molecule has 1 atom stereocenters. The Labute approximate surface area is 104 Å². The Kier molecular flexibility index (Phi) is 5.62. The van der Waals surface area contributed by atoms with Crippen LogP contribution in [0.1, 0.15) is 17.0 Å². The van der Waals surface area contributed by atoms with E-state index in [1.165, 1.54) is 19.4 Å². The van der Waals surface area contributed by atoms with Crippen LogP contribution >= 0.6 is 11.8 Å². The molecular formula is C11H15NO4S. The zero-order valence-corrected chi connectivity index (χ0v) is 10.6. The number of esters is 1. The Balaban J connectivity index is 2.59. The molecule has 1 aromatic heterocycles. The first-order valence-corrected chi connectivity index (χ1v) is 6.49. The maximum Gasteiger partial charge on any atom is 0.328 e. The number of carbonyl (C=O) groups is 2. The van der Waals surface area contributed by atoms with Crippen LogP contribution in [0.5, 0.6) is 0 Å². The van der Waals surface area contributed by atoms with Crippen molar-refractivity contribution in [3.63, 3.8) is 0 Å². The summed E-state index contributed by atoms with van der Waals surface area (Å²) in [7, 11) is 1.30. The molecule has 0 aromatic carbocycles. The summed E-state index contributed by atoms with van der Waals surface area (Å²) < 4.78 is 9.58. The van der Waals surface area contributed by atoms with Gasteiger partial charge in [-0.1, -0.05) is 0 Å². The first-order valence-electron chi connectivity index (χ1n) is 5.10. The summed E-state index contributed by atoms with van der Waals surface area (Å²) in [6.45, 7) is 0. The summed E-state index contributed by atoms with van der Waals surface area (Å²) in [6.07, 6.45) is 3.87. The van der Waals surface area contributed by atoms with Crippen LogP contribution in [0.25, 0.3) is 0 Å². The van der Waals surface area contributed by atoms with Gasteiger partial charge in [0, 0.05) is 0 Å². The molecule has 1 unspecified atom stereocenters. The second kappa shape index (κ2) is 7.01. The van der Waals surface area contributed by atoms with Crippen molar-refractivity contribution in [2.45, 2.75) is 12.5 Å². The van der Waals surface area contributed by atoms with Crippen LogP contribution in [-0.2, 0) is 9.53 Å². The number of furan rings is 1. The fourth-order valence-electron chi connectivity index (χ4n) is 1.26. The number of hydrogen-bond acceptors (Lipinski definition) is 5. The average molecular weight is 257 g/mol. The molecule has 0 aliphatic carbocycles. The maximum atomic E-state index is 11.7. The average Bonchev–Trinajstić information content (AvgIpc) is 2.87. The molecule has 0 spiro atoms. The predicted molar refractivity (Wildman–Crippen MR) is 65.0 cm³/mol. The summed E-state index contributed by atoms with van der Waals surface area (Å²) in [5.41, 5.74) is 0. The van der Waals surface area contributed by atoms with E-state index in [0.29, 0.717) is 6.42 Å². The molecule has 94 valence electrons. The van der Waals surface area contributed by atoms with E-state index in [9.17, 15) is 9.59 Å². The van der Waals surface area contributed by atoms with Gasteiger partial charge in [-0.15, -0.1) is 0 Å². The Morgan fingerprint density at radius 1 is 1.59 bits per heavy atom. The molecule has 0 fully saturated rings. The maximum absolute atomic E-state index is 11.7. The molecule has 17 heavy (non-hydrogen) atoms. The molecule has 0 bridgehead atoms. The molecule has 0 saturated heterocycles. The highest BCUT2D eigenvalue weighted by molar-refractivity contribution is 7.98. The van der Waals surface area contributed by atoms with E-state index in [4.69, 9.17) is 4.42 Å². The molecule has 1 rings (SSSR count). The van der Waals surface area contributed by atoms with Crippen molar-refractivity contribution in [2.24, 2.45) is 0 Å². The lowest BCUT2D eigenvalue weighted by Crippen LogP contribution is -2.41. The molecule has 0 saturated carbocycles. The highest BCUT2D eigenvalue weighted by Crippen LogP contribution is 2.05. The van der Waals surface area contributed by atoms with Crippen LogP contribution in [0, 0.1) is 0 Å². The number of ether oxygens (including phenoxy) is 1. The SMILES string of the molecule is COC(=O)C(CCSC)NC(=O)c1ccco1. The number of amides is 1. The number of hydrogen-bond donors (Lipinski definition) is 1. The van der Waals surface area contributed by atoms with Gasteiger partial charge in [0.05, 0.1) is 13.4 Å². The van der Waals surface area contributed by atoms with Gasteiger partial charge in [-0.05, 0) is 30.6 Å². The smallest absolute Gasteiger partial charge is 0.328 e. The lowest BCUT2D eigenvalue weighted by Gasteiger charge is -2.14. The highest BCUT2D eigenvalue weighted by atomic mass is 32.2. The van der Waals surface area contributed by atoms with Gasteiger partial charge in [0.2, 0.25) is 0 Å². The first-order chi connectivity index (χ1) is 8.19. The topological polar surface area (TPSA) is 68.5 Å². The number of nitrogens with one attached hydrogen (secondary N) is 1. The molecule has 0 radical (unpaired) electrons. The third-order valence-corrected chi connectivity index (χ3v) is 2.79. The molecular weight excluding hydrogens is 242 g/mol. The quantitative estimate of drug-likeness (QED) is 0.778. The predicted octanol–water partition coefficient (Wildman–Crippen LogP) is 1.30. The van der Waals surface area contributed by atoms with Crippen molar-refractivity contribution in [3.05, 3.63) is 24.2 Å². The van der Waals surface area contributed by atoms with Crippen LogP contribution in [0.2, 0.25) is 0 Å². The van der Waals surface area contributed by atoms with Gasteiger partial charge in [0.15, 0.2) is 5.76 Å². The summed E-state index contributed by atoms with van der Waals surface area (Å²) in [4.78, 5) is 23.1. The van der Waals surface area contributed by atoms with Crippen molar-refractivity contribution >= 4 is 23.6 Å². The summed E-state index contributed by atoms with van der Waals surface area (Å²) >= 11 is 1.60. The monoisotopic (exact) mass is 257 g/mol. The van der Waals surface area contributed by atoms with Gasteiger partial charge in [0.25, 0.3) is 5.91 Å². The van der Waals surface area contributed by atoms with Gasteiger partial charge in [-0.25, -0.2) is 4.79 Å². The van der Waals surface area contributed by atoms with Gasteiger partial charge in [-0.2, -0.15) is 11.8 Å². The summed E-state index contributed by atoms with van der Waals surface area (Å²) in [6, 6.07) is 2.52. The fraction of sp³-hybridized carbons (Fsp3) is 0.455. The zero-order chi connectivity index (χ0) is 12.7. The van der Waals surface area contributed by atoms with Crippen LogP contribution in [0.4, 0.5) is 0 Å². The minimum atomic E-state index is -0.634. The Morgan fingerprint density at radius 3 is 2.88 bits per heavy atom. The lowest BCUT2D eigenvalue weighted by atomic mass is 10.2.